The number of furan rings is 1. The molecule has 0 spiro atoms. The van der Waals surface area contributed by atoms with Crippen LogP contribution in [0.2, 0.25) is 0 Å². The predicted octanol–water partition coefficient (Wildman–Crippen LogP) is 2.95. The van der Waals surface area contributed by atoms with E-state index in [9.17, 15) is 4.79 Å². The van der Waals surface area contributed by atoms with Crippen molar-refractivity contribution in [1.29, 1.82) is 0 Å². The van der Waals surface area contributed by atoms with Crippen molar-refractivity contribution in [3.05, 3.63) is 53.8 Å². The molecular formula is C16H16N4O2S. The number of nitrogens with two attached hydrogens (primary N) is 1. The molecule has 1 amide bonds. The summed E-state index contributed by atoms with van der Waals surface area (Å²) in [6, 6.07) is 11.0. The van der Waals surface area contributed by atoms with Gasteiger partial charge in [0.15, 0.2) is 16.7 Å². The van der Waals surface area contributed by atoms with Crippen LogP contribution in [-0.2, 0) is 12.3 Å². The Kier molecular flexibility index (Phi) is 4.47. The van der Waals surface area contributed by atoms with Crippen LogP contribution in [0.5, 0.6) is 0 Å². The van der Waals surface area contributed by atoms with Crippen molar-refractivity contribution in [3.63, 3.8) is 0 Å². The molecule has 2 aromatic heterocycles. The van der Waals surface area contributed by atoms with Gasteiger partial charge in [0.25, 0.3) is 0 Å². The van der Waals surface area contributed by atoms with E-state index in [1.165, 1.54) is 0 Å². The van der Waals surface area contributed by atoms with Gasteiger partial charge < -0.3 is 10.2 Å². The Morgan fingerprint density at radius 2 is 2.17 bits per heavy atom. The molecule has 3 aromatic rings. The van der Waals surface area contributed by atoms with Crippen molar-refractivity contribution in [2.75, 3.05) is 0 Å². The lowest BCUT2D eigenvalue weighted by atomic mass is 10.1. The number of thioether (sulfide) groups is 1. The first-order chi connectivity index (χ1) is 11.2. The summed E-state index contributed by atoms with van der Waals surface area (Å²) < 4.78 is 7.40. The molecule has 6 nitrogen and oxygen atoms in total. The monoisotopic (exact) mass is 328 g/mol. The van der Waals surface area contributed by atoms with Crippen LogP contribution in [0.25, 0.3) is 11.6 Å². The summed E-state index contributed by atoms with van der Waals surface area (Å²) in [5.74, 6) is 1.67. The first-order valence-electron chi connectivity index (χ1n) is 7.17. The van der Waals surface area contributed by atoms with Crippen LogP contribution in [0.1, 0.15) is 22.8 Å². The number of aromatic nitrogens is 3. The largest absolute Gasteiger partial charge is 0.461 e. The van der Waals surface area contributed by atoms with Crippen LogP contribution in [0.15, 0.2) is 52.2 Å². The lowest BCUT2D eigenvalue weighted by Gasteiger charge is -2.06. The average molecular weight is 328 g/mol. The summed E-state index contributed by atoms with van der Waals surface area (Å²) in [4.78, 5) is 11.2. The summed E-state index contributed by atoms with van der Waals surface area (Å²) in [6.45, 7) is 2.78. The molecule has 0 aliphatic heterocycles. The van der Waals surface area contributed by atoms with Crippen molar-refractivity contribution >= 4 is 17.7 Å². The maximum Gasteiger partial charge on any atom is 0.248 e. The molecular weight excluding hydrogens is 312 g/mol. The molecule has 23 heavy (non-hydrogen) atoms. The number of nitrogens with zero attached hydrogens (tertiary/aromatic N) is 3. The Hall–Kier alpha value is -2.54. The summed E-state index contributed by atoms with van der Waals surface area (Å²) in [5, 5.41) is 9.26. The lowest BCUT2D eigenvalue weighted by molar-refractivity contribution is 0.1000. The molecule has 2 heterocycles. The van der Waals surface area contributed by atoms with Gasteiger partial charge >= 0.3 is 0 Å². The highest BCUT2D eigenvalue weighted by atomic mass is 32.2. The van der Waals surface area contributed by atoms with Crippen LogP contribution >= 0.6 is 11.8 Å². The number of primary amides is 1. The fraction of sp³-hybridized carbons (Fsp3) is 0.188. The van der Waals surface area contributed by atoms with Crippen molar-refractivity contribution in [1.82, 2.24) is 14.8 Å². The SMILES string of the molecule is CCn1c(SCc2cccc(C(N)=O)c2)nnc1-c1ccco1. The van der Waals surface area contributed by atoms with E-state index in [0.717, 1.165) is 17.3 Å². The average Bonchev–Trinajstić information content (AvgIpc) is 3.21. The molecule has 0 saturated carbocycles. The zero-order valence-electron chi connectivity index (χ0n) is 12.6. The number of carbonyl (C=O) groups is 1. The molecule has 0 unspecified atom stereocenters. The van der Waals surface area contributed by atoms with Crippen LogP contribution in [-0.4, -0.2) is 20.7 Å². The minimum absolute atomic E-state index is 0.423. The molecule has 0 fully saturated rings. The van der Waals surface area contributed by atoms with Gasteiger partial charge in [0.1, 0.15) is 0 Å². The van der Waals surface area contributed by atoms with Crippen molar-refractivity contribution in [3.8, 4) is 11.6 Å². The smallest absolute Gasteiger partial charge is 0.248 e. The second-order valence-corrected chi connectivity index (χ2v) is 5.82. The van der Waals surface area contributed by atoms with Crippen LogP contribution < -0.4 is 5.73 Å². The first kappa shape index (κ1) is 15.4. The Labute approximate surface area is 137 Å². The molecule has 0 aliphatic rings. The zero-order valence-corrected chi connectivity index (χ0v) is 13.4. The van der Waals surface area contributed by atoms with Gasteiger partial charge in [-0.3, -0.25) is 9.36 Å². The van der Waals surface area contributed by atoms with E-state index in [2.05, 4.69) is 10.2 Å². The van der Waals surface area contributed by atoms with E-state index in [4.69, 9.17) is 10.2 Å². The molecule has 0 atom stereocenters. The van der Waals surface area contributed by atoms with Gasteiger partial charge in [0, 0.05) is 17.9 Å². The van der Waals surface area contributed by atoms with Crippen molar-refractivity contribution in [2.45, 2.75) is 24.4 Å². The highest BCUT2D eigenvalue weighted by Gasteiger charge is 2.15. The van der Waals surface area contributed by atoms with Gasteiger partial charge in [-0.25, -0.2) is 0 Å². The van der Waals surface area contributed by atoms with Crippen LogP contribution in [0.4, 0.5) is 0 Å². The normalized spacial score (nSPS) is 10.8. The van der Waals surface area contributed by atoms with Gasteiger partial charge in [-0.2, -0.15) is 0 Å². The number of rotatable bonds is 6. The second kappa shape index (κ2) is 6.70. The van der Waals surface area contributed by atoms with E-state index >= 15 is 0 Å². The van der Waals surface area contributed by atoms with E-state index < -0.39 is 5.91 Å². The van der Waals surface area contributed by atoms with Gasteiger partial charge in [-0.05, 0) is 36.8 Å². The zero-order chi connectivity index (χ0) is 16.2. The maximum atomic E-state index is 11.2. The first-order valence-corrected chi connectivity index (χ1v) is 8.16. The summed E-state index contributed by atoms with van der Waals surface area (Å²) in [5.41, 5.74) is 6.83. The molecule has 0 bridgehead atoms. The van der Waals surface area contributed by atoms with E-state index in [-0.39, 0.29) is 0 Å². The number of carbonyl (C=O) groups excluding carboxylic acids is 1. The third-order valence-electron chi connectivity index (χ3n) is 3.35. The molecule has 0 aliphatic carbocycles. The number of benzene rings is 1. The Balaban J connectivity index is 1.79. The summed E-state index contributed by atoms with van der Waals surface area (Å²) >= 11 is 1.56. The number of hydrogen-bond donors (Lipinski definition) is 1. The van der Waals surface area contributed by atoms with Crippen molar-refractivity contribution < 1.29 is 9.21 Å². The van der Waals surface area contributed by atoms with E-state index in [0.29, 0.717) is 22.9 Å². The maximum absolute atomic E-state index is 11.2. The number of hydrogen-bond acceptors (Lipinski definition) is 5. The summed E-state index contributed by atoms with van der Waals surface area (Å²) in [7, 11) is 0. The fourth-order valence-electron chi connectivity index (χ4n) is 2.23. The summed E-state index contributed by atoms with van der Waals surface area (Å²) in [6.07, 6.45) is 1.62. The topological polar surface area (TPSA) is 86.9 Å². The fourth-order valence-corrected chi connectivity index (χ4v) is 3.18. The second-order valence-electron chi connectivity index (χ2n) is 4.88. The number of amides is 1. The highest BCUT2D eigenvalue weighted by Crippen LogP contribution is 2.26. The molecule has 2 N–H and O–H groups in total. The highest BCUT2D eigenvalue weighted by molar-refractivity contribution is 7.98. The predicted molar refractivity (Wildman–Crippen MR) is 87.9 cm³/mol. The van der Waals surface area contributed by atoms with Crippen molar-refractivity contribution in [2.24, 2.45) is 5.73 Å². The minimum Gasteiger partial charge on any atom is -0.461 e. The van der Waals surface area contributed by atoms with Gasteiger partial charge in [-0.15, -0.1) is 10.2 Å². The molecule has 1 aromatic carbocycles. The van der Waals surface area contributed by atoms with Crippen LogP contribution in [0, 0.1) is 0 Å². The quantitative estimate of drug-likeness (QED) is 0.703. The minimum atomic E-state index is -0.423. The van der Waals surface area contributed by atoms with Gasteiger partial charge in [0.05, 0.1) is 6.26 Å². The standard InChI is InChI=1S/C16H16N4O2S/c1-2-20-15(13-7-4-8-22-13)18-19-16(20)23-10-11-5-3-6-12(9-11)14(17)21/h3-9H,2,10H2,1H3,(H2,17,21). The molecule has 0 radical (unpaired) electrons. The lowest BCUT2D eigenvalue weighted by Crippen LogP contribution is -2.10. The molecule has 3 rings (SSSR count). The van der Waals surface area contributed by atoms with Crippen LogP contribution in [0.3, 0.4) is 0 Å². The van der Waals surface area contributed by atoms with Gasteiger partial charge in [0.2, 0.25) is 5.91 Å². The van der Waals surface area contributed by atoms with E-state index in [1.54, 1.807) is 30.2 Å². The van der Waals surface area contributed by atoms with E-state index in [1.807, 2.05) is 35.8 Å². The molecule has 118 valence electrons. The van der Waals surface area contributed by atoms with Gasteiger partial charge in [-0.1, -0.05) is 23.9 Å². The Bertz CT molecular complexity index is 811. The molecule has 7 heteroatoms. The third-order valence-corrected chi connectivity index (χ3v) is 4.39. The third kappa shape index (κ3) is 3.29. The Morgan fingerprint density at radius 1 is 1.30 bits per heavy atom. The Morgan fingerprint density at radius 3 is 2.87 bits per heavy atom. The molecule has 0 saturated heterocycles.